The van der Waals surface area contributed by atoms with Crippen molar-refractivity contribution in [1.82, 2.24) is 5.32 Å². The minimum absolute atomic E-state index is 0.0104. The molecule has 0 aromatic heterocycles. The molecular weight excluding hydrogens is 242 g/mol. The van der Waals surface area contributed by atoms with Crippen molar-refractivity contribution < 1.29 is 14.3 Å². The van der Waals surface area contributed by atoms with Gasteiger partial charge in [-0.25, -0.2) is 0 Å². The minimum atomic E-state index is -0.478. The predicted octanol–water partition coefficient (Wildman–Crippen LogP) is 2.25. The van der Waals surface area contributed by atoms with E-state index in [1.807, 2.05) is 39.0 Å². The lowest BCUT2D eigenvalue weighted by Gasteiger charge is -2.26. The molecule has 19 heavy (non-hydrogen) atoms. The highest BCUT2D eigenvalue weighted by Crippen LogP contribution is 2.27. The molecule has 0 saturated carbocycles. The van der Waals surface area contributed by atoms with Crippen molar-refractivity contribution in [3.63, 3.8) is 0 Å². The van der Waals surface area contributed by atoms with E-state index in [4.69, 9.17) is 4.74 Å². The highest BCUT2D eigenvalue weighted by molar-refractivity contribution is 5.97. The molecule has 0 radical (unpaired) electrons. The summed E-state index contributed by atoms with van der Waals surface area (Å²) in [6.45, 7) is 6.03. The van der Waals surface area contributed by atoms with Gasteiger partial charge in [0.2, 0.25) is 0 Å². The van der Waals surface area contributed by atoms with Crippen LogP contribution in [0, 0.1) is 0 Å². The van der Waals surface area contributed by atoms with Crippen molar-refractivity contribution in [2.45, 2.75) is 38.7 Å². The first-order chi connectivity index (χ1) is 8.87. The van der Waals surface area contributed by atoms with Gasteiger partial charge >= 0.3 is 5.97 Å². The first-order valence-corrected chi connectivity index (χ1v) is 6.46. The molecule has 1 heterocycles. The lowest BCUT2D eigenvalue weighted by molar-refractivity contribution is -0.155. The van der Waals surface area contributed by atoms with Gasteiger partial charge in [0, 0.05) is 18.0 Å². The molecule has 0 aliphatic carbocycles. The van der Waals surface area contributed by atoms with E-state index in [2.05, 4.69) is 5.32 Å². The SMILES string of the molecule is CC(C)(C)OC(=O)CC1CNC(=O)c2ccccc21. The van der Waals surface area contributed by atoms with E-state index in [9.17, 15) is 9.59 Å². The number of rotatable bonds is 2. The molecule has 1 N–H and O–H groups in total. The van der Waals surface area contributed by atoms with Gasteiger partial charge < -0.3 is 10.1 Å². The molecule has 1 aromatic carbocycles. The van der Waals surface area contributed by atoms with Crippen molar-refractivity contribution in [3.8, 4) is 0 Å². The average Bonchev–Trinajstić information content (AvgIpc) is 2.31. The summed E-state index contributed by atoms with van der Waals surface area (Å²) in [6.07, 6.45) is 0.286. The average molecular weight is 261 g/mol. The van der Waals surface area contributed by atoms with Crippen LogP contribution in [0.25, 0.3) is 0 Å². The number of hydrogen-bond acceptors (Lipinski definition) is 3. The zero-order valence-electron chi connectivity index (χ0n) is 11.5. The molecule has 102 valence electrons. The second-order valence-electron chi connectivity index (χ2n) is 5.78. The van der Waals surface area contributed by atoms with Crippen LogP contribution in [0.3, 0.4) is 0 Å². The molecule has 1 atom stereocenters. The van der Waals surface area contributed by atoms with Crippen molar-refractivity contribution in [3.05, 3.63) is 35.4 Å². The van der Waals surface area contributed by atoms with Crippen molar-refractivity contribution in [2.24, 2.45) is 0 Å². The Labute approximate surface area is 113 Å². The van der Waals surface area contributed by atoms with E-state index in [1.165, 1.54) is 0 Å². The summed E-state index contributed by atoms with van der Waals surface area (Å²) in [7, 11) is 0. The normalized spacial score (nSPS) is 18.5. The maximum atomic E-state index is 11.9. The van der Waals surface area contributed by atoms with Crippen LogP contribution < -0.4 is 5.32 Å². The molecule has 0 bridgehead atoms. The van der Waals surface area contributed by atoms with Crippen molar-refractivity contribution in [1.29, 1.82) is 0 Å². The summed E-state index contributed by atoms with van der Waals surface area (Å²) in [4.78, 5) is 23.6. The Bertz CT molecular complexity index is 502. The molecule has 2 rings (SSSR count). The van der Waals surface area contributed by atoms with Crippen LogP contribution in [0.15, 0.2) is 24.3 Å². The number of hydrogen-bond donors (Lipinski definition) is 1. The van der Waals surface area contributed by atoms with Crippen LogP contribution in [0.2, 0.25) is 0 Å². The van der Waals surface area contributed by atoms with E-state index in [0.29, 0.717) is 12.1 Å². The number of esters is 1. The third kappa shape index (κ3) is 3.34. The molecular formula is C15H19NO3. The van der Waals surface area contributed by atoms with E-state index in [0.717, 1.165) is 5.56 Å². The summed E-state index contributed by atoms with van der Waals surface area (Å²) in [5.41, 5.74) is 1.11. The quantitative estimate of drug-likeness (QED) is 0.831. The third-order valence-electron chi connectivity index (χ3n) is 2.99. The zero-order valence-corrected chi connectivity index (χ0v) is 11.5. The van der Waals surface area contributed by atoms with Gasteiger partial charge in [0.05, 0.1) is 6.42 Å². The van der Waals surface area contributed by atoms with E-state index >= 15 is 0 Å². The molecule has 1 aliphatic heterocycles. The van der Waals surface area contributed by atoms with Crippen LogP contribution in [0.5, 0.6) is 0 Å². The van der Waals surface area contributed by atoms with Gasteiger partial charge in [-0.05, 0) is 32.4 Å². The van der Waals surface area contributed by atoms with Gasteiger partial charge in [0.25, 0.3) is 5.91 Å². The first-order valence-electron chi connectivity index (χ1n) is 6.46. The van der Waals surface area contributed by atoms with Gasteiger partial charge in [-0.3, -0.25) is 9.59 Å². The fourth-order valence-corrected chi connectivity index (χ4v) is 2.25. The fraction of sp³-hybridized carbons (Fsp3) is 0.467. The number of ether oxygens (including phenoxy) is 1. The number of carbonyl (C=O) groups excluding carboxylic acids is 2. The van der Waals surface area contributed by atoms with Crippen LogP contribution in [0.1, 0.15) is 49.0 Å². The molecule has 4 nitrogen and oxygen atoms in total. The van der Waals surface area contributed by atoms with E-state index in [1.54, 1.807) is 6.07 Å². The Morgan fingerprint density at radius 2 is 2.05 bits per heavy atom. The van der Waals surface area contributed by atoms with Crippen LogP contribution in [-0.4, -0.2) is 24.0 Å². The molecule has 0 saturated heterocycles. The smallest absolute Gasteiger partial charge is 0.306 e. The highest BCUT2D eigenvalue weighted by atomic mass is 16.6. The highest BCUT2D eigenvalue weighted by Gasteiger charge is 2.28. The van der Waals surface area contributed by atoms with Crippen LogP contribution in [-0.2, 0) is 9.53 Å². The number of amides is 1. The minimum Gasteiger partial charge on any atom is -0.460 e. The predicted molar refractivity (Wildman–Crippen MR) is 72.0 cm³/mol. The van der Waals surface area contributed by atoms with Crippen LogP contribution >= 0.6 is 0 Å². The molecule has 0 fully saturated rings. The summed E-state index contributed by atoms with van der Waals surface area (Å²) in [6, 6.07) is 7.41. The number of benzene rings is 1. The fourth-order valence-electron chi connectivity index (χ4n) is 2.25. The third-order valence-corrected chi connectivity index (χ3v) is 2.99. The van der Waals surface area contributed by atoms with Gasteiger partial charge in [0.15, 0.2) is 0 Å². The van der Waals surface area contributed by atoms with E-state index in [-0.39, 0.29) is 24.2 Å². The lowest BCUT2D eigenvalue weighted by atomic mass is 9.88. The Hall–Kier alpha value is -1.84. The number of carbonyl (C=O) groups is 2. The maximum absolute atomic E-state index is 11.9. The summed E-state index contributed by atoms with van der Waals surface area (Å²) in [5.74, 6) is -0.316. The van der Waals surface area contributed by atoms with Gasteiger partial charge in [-0.2, -0.15) is 0 Å². The largest absolute Gasteiger partial charge is 0.460 e. The number of fused-ring (bicyclic) bond motifs is 1. The van der Waals surface area contributed by atoms with Crippen molar-refractivity contribution in [2.75, 3.05) is 6.54 Å². The molecule has 1 aliphatic rings. The van der Waals surface area contributed by atoms with Gasteiger partial charge in [-0.1, -0.05) is 18.2 Å². The van der Waals surface area contributed by atoms with Crippen molar-refractivity contribution >= 4 is 11.9 Å². The van der Waals surface area contributed by atoms with Gasteiger partial charge in [0.1, 0.15) is 5.60 Å². The Kier molecular flexibility index (Phi) is 3.60. The Morgan fingerprint density at radius 1 is 1.37 bits per heavy atom. The Morgan fingerprint density at radius 3 is 2.74 bits per heavy atom. The summed E-state index contributed by atoms with van der Waals surface area (Å²) in [5, 5.41) is 2.81. The number of nitrogens with one attached hydrogen (secondary N) is 1. The molecule has 1 aromatic rings. The maximum Gasteiger partial charge on any atom is 0.306 e. The summed E-state index contributed by atoms with van der Waals surface area (Å²) < 4.78 is 5.33. The standard InChI is InChI=1S/C15H19NO3/c1-15(2,3)19-13(17)8-10-9-16-14(18)12-7-5-4-6-11(10)12/h4-7,10H,8-9H2,1-3H3,(H,16,18). The first kappa shape index (κ1) is 13.6. The molecule has 1 unspecified atom stereocenters. The topological polar surface area (TPSA) is 55.4 Å². The van der Waals surface area contributed by atoms with E-state index < -0.39 is 5.60 Å². The lowest BCUT2D eigenvalue weighted by Crippen LogP contribution is -2.36. The van der Waals surface area contributed by atoms with Gasteiger partial charge in [-0.15, -0.1) is 0 Å². The molecule has 4 heteroatoms. The molecule has 0 spiro atoms. The second kappa shape index (κ2) is 5.03. The van der Waals surface area contributed by atoms with Crippen LogP contribution in [0.4, 0.5) is 0 Å². The second-order valence-corrected chi connectivity index (χ2v) is 5.78. The monoisotopic (exact) mass is 261 g/mol. The zero-order chi connectivity index (χ0) is 14.0. The Balaban J connectivity index is 2.13. The summed E-state index contributed by atoms with van der Waals surface area (Å²) >= 11 is 0. The molecule has 1 amide bonds.